The van der Waals surface area contributed by atoms with Crippen LogP contribution in [0.3, 0.4) is 0 Å². The van der Waals surface area contributed by atoms with Crippen LogP contribution in [-0.2, 0) is 170 Å². The molecule has 0 aliphatic heterocycles. The van der Waals surface area contributed by atoms with Crippen molar-refractivity contribution >= 4 is 140 Å². The predicted molar refractivity (Wildman–Crippen MR) is 444 cm³/mol. The van der Waals surface area contributed by atoms with Crippen molar-refractivity contribution in [3.8, 4) is 0 Å². The van der Waals surface area contributed by atoms with Crippen molar-refractivity contribution < 1.29 is 153 Å². The van der Waals surface area contributed by atoms with Crippen LogP contribution in [0.25, 0.3) is 0 Å². The first-order chi connectivity index (χ1) is 37.2. The minimum Gasteiger partial charge on any atom is -0.388 e. The summed E-state index contributed by atoms with van der Waals surface area (Å²) >= 11 is 6.69. The van der Waals surface area contributed by atoms with Crippen molar-refractivity contribution in [3.05, 3.63) is 0 Å². The van der Waals surface area contributed by atoms with Crippen LogP contribution in [0.1, 0.15) is 55.9 Å². The summed E-state index contributed by atoms with van der Waals surface area (Å²) in [7, 11) is 16.8. The maximum absolute atomic E-state index is 10.4. The summed E-state index contributed by atoms with van der Waals surface area (Å²) < 4.78 is 82.5. The Bertz CT molecular complexity index is 1700. The first kappa shape index (κ1) is 161. The molecule has 0 aromatic rings. The van der Waals surface area contributed by atoms with E-state index in [4.69, 9.17) is 22.2 Å². The Morgan fingerprint density at radius 2 is 0.722 bits per heavy atom. The van der Waals surface area contributed by atoms with Gasteiger partial charge in [-0.15, -0.1) is 25.3 Å². The summed E-state index contributed by atoms with van der Waals surface area (Å²) in [6.07, 6.45) is 20.9. The van der Waals surface area contributed by atoms with Gasteiger partial charge in [-0.25, -0.2) is 41.7 Å². The van der Waals surface area contributed by atoms with E-state index >= 15 is 0 Å². The third-order valence-corrected chi connectivity index (χ3v) is 4.33. The molecule has 0 saturated carbocycles. The van der Waals surface area contributed by atoms with Gasteiger partial charge in [0.05, 0.1) is 7.14 Å². The summed E-state index contributed by atoms with van der Waals surface area (Å²) in [5.74, 6) is 0. The Labute approximate surface area is 663 Å². The SMILES string of the molecule is C.C/C=[N+](/C)O.CB(C)C.CC(C)=[N+](C)O.CN(C)C.CN(C)C.CN=C(C)C.CN=C(C)C.CN=S(C)(C)=O.CN=S(C)C.COC.CP(C)(C)=O.CP(C)(C)=S.CP(C)C.CS(C)(=O)=O.CS(C)(=O)=O.CS(C)=O.CSC.C[B-](C)C.C[PH+](C)C.[Y].[Y].[Y]. The number of thioether (sulfide) groups is 1. The standard InChI is InChI=1S/C4H10NO.2C4H9N.2C3H9B.C3H9NOS.C3H8NO.C3H9NS.2C3H9N.C3H9OP.C3H9PS.2C3H9P.2C2H6O2S.C2H6OS.C2H6O.C2H6S.CH4.3Y/c1-4(2)5(3)6;2*1-4(2)5-3;2*1-4(2)3;1-4-6(2,3)5;1-3-4(2)5;1-4-5(2)3;2*1-4(2)3;1-5(2,3)4;1-4(2,3)5;2*1-4(2)3;2*1-5(2,3)4;1-4(2)3;2*1-3-2;;;;/h6H,1-3H3;2*1-3H3;2*1-3H3;1-3H3;3,5H,1-2H3;1-3H3;2*1-3H3;2*1-3H3;2*1-3H3;2*1-2H3;1-2H3;2*1-2H3;1H4;;;/q+1;;;;-1;;+1;;;;;;;;;;;;;;;;/p+1/b;;;;;;4-3-;;;;;;;;;;;;;;;;. The molecule has 0 aliphatic rings. The van der Waals surface area contributed by atoms with Crippen LogP contribution in [-0.4, -0.2) is 346 Å². The summed E-state index contributed by atoms with van der Waals surface area (Å²) in [4.78, 5) is 11.6. The molecule has 90 heavy (non-hydrogen) atoms. The normalized spacial score (nSPS) is 8.89. The van der Waals surface area contributed by atoms with Crippen LogP contribution >= 0.6 is 40.8 Å². The number of ether oxygens (including phenoxy) is 1. The quantitative estimate of drug-likeness (QED) is 0.0574. The fourth-order valence-electron chi connectivity index (χ4n) is 0. The van der Waals surface area contributed by atoms with Crippen LogP contribution in [0, 0.1) is 0 Å². The molecule has 0 saturated heterocycles. The molecular weight excluding hydrogens is 1580 g/mol. The molecule has 0 spiro atoms. The van der Waals surface area contributed by atoms with E-state index in [1.807, 2.05) is 113 Å². The molecule has 0 aromatic heterocycles. The number of sulfone groups is 2. The van der Waals surface area contributed by atoms with Crippen LogP contribution in [0.15, 0.2) is 18.7 Å². The number of hydroxylamine groups is 2. The van der Waals surface area contributed by atoms with Gasteiger partial charge in [0.2, 0.25) is 0 Å². The predicted octanol–water partition coefficient (Wildman–Crippen LogP) is 13.1. The maximum atomic E-state index is 10.4. The number of hydrogen-bond donors (Lipinski definition) is 2. The first-order valence-electron chi connectivity index (χ1n) is 26.7. The Hall–Kier alpha value is 3.84. The number of nitrogens with zero attached hydrogens (tertiary/aromatic N) is 8. The van der Waals surface area contributed by atoms with Gasteiger partial charge in [-0.3, -0.25) is 33.2 Å². The molecule has 0 amide bonds. The fourth-order valence-corrected chi connectivity index (χ4v) is 0. The minimum absolute atomic E-state index is 0. The molecule has 0 heterocycles. The molecule has 0 atom stereocenters. The van der Waals surface area contributed by atoms with E-state index in [0.29, 0.717) is 18.6 Å². The molecule has 18 nitrogen and oxygen atoms in total. The van der Waals surface area contributed by atoms with Crippen LogP contribution in [0.5, 0.6) is 0 Å². The minimum atomic E-state index is -2.67. The summed E-state index contributed by atoms with van der Waals surface area (Å²) in [5.41, 5.74) is 3.16. The Morgan fingerprint density at radius 3 is 0.722 bits per heavy atom. The average Bonchev–Trinajstić information content (AvgIpc) is 3.18. The molecule has 0 bridgehead atoms. The monoisotopic (exact) mass is 1740 g/mol. The maximum Gasteiger partial charge on any atom is 0.197 e. The molecule has 2 N–H and O–H groups in total. The van der Waals surface area contributed by atoms with Gasteiger partial charge in [-0.2, -0.15) is 11.8 Å². The van der Waals surface area contributed by atoms with Crippen molar-refractivity contribution in [2.75, 3.05) is 254 Å². The van der Waals surface area contributed by atoms with E-state index in [0.717, 1.165) is 65.1 Å². The second kappa shape index (κ2) is 123. The Balaban J connectivity index is -0.0000000251. The van der Waals surface area contributed by atoms with Gasteiger partial charge in [-0.05, 0) is 172 Å². The second-order valence-corrected chi connectivity index (χ2v) is 51.6. The molecule has 0 fully saturated rings. The molecule has 0 aliphatic carbocycles. The molecule has 0 rings (SSSR count). The van der Waals surface area contributed by atoms with Crippen molar-refractivity contribution in [2.45, 2.75) is 96.8 Å². The summed E-state index contributed by atoms with van der Waals surface area (Å²) in [5, 5.41) is 16.6. The van der Waals surface area contributed by atoms with Crippen LogP contribution in [0.2, 0.25) is 40.9 Å². The molecule has 560 valence electrons. The molecule has 4 radical (unpaired) electrons. The number of methoxy groups -OCH3 is 1. The van der Waals surface area contributed by atoms with E-state index in [2.05, 4.69) is 137 Å². The number of rotatable bonds is 0. The van der Waals surface area contributed by atoms with E-state index in [1.54, 1.807) is 119 Å². The van der Waals surface area contributed by atoms with Gasteiger partial charge in [0.15, 0.2) is 26.0 Å². The van der Waals surface area contributed by atoms with E-state index < -0.39 is 53.4 Å². The van der Waals surface area contributed by atoms with Gasteiger partial charge in [0.1, 0.15) is 26.4 Å². The van der Waals surface area contributed by atoms with E-state index in [1.165, 1.54) is 0 Å². The fraction of sp³-hybridized carbons (Fsp3) is 0.929. The van der Waals surface area contributed by atoms with Gasteiger partial charge in [-0.1, -0.05) is 45.7 Å². The average molecular weight is 1740 g/mol. The van der Waals surface area contributed by atoms with Gasteiger partial charge in [0, 0.05) is 263 Å². The topological polar surface area (TPSA) is 231 Å². The molecule has 0 aromatic carbocycles. The second-order valence-electron chi connectivity index (χ2n) is 23.6. The summed E-state index contributed by atoms with van der Waals surface area (Å²) in [6, 6.07) is -0.806. The van der Waals surface area contributed by atoms with Gasteiger partial charge in [0.25, 0.3) is 0 Å². The number of aliphatic imine (C=N–C) groups is 2. The van der Waals surface area contributed by atoms with E-state index in [9.17, 15) is 29.8 Å². The van der Waals surface area contributed by atoms with Crippen molar-refractivity contribution in [1.82, 2.24) is 9.80 Å². The zero-order valence-electron chi connectivity index (χ0n) is 68.4. The molecule has 34 heteroatoms. The molecular formula is C56H161B2N8O10P4S7Y3+2. The van der Waals surface area contributed by atoms with Crippen molar-refractivity contribution in [1.29, 1.82) is 0 Å². The zero-order chi connectivity index (χ0) is 76.0. The van der Waals surface area contributed by atoms with Crippen LogP contribution in [0.4, 0.5) is 0 Å². The van der Waals surface area contributed by atoms with Crippen molar-refractivity contribution in [3.63, 3.8) is 0 Å². The third-order valence-electron chi connectivity index (χ3n) is 2.72. The van der Waals surface area contributed by atoms with Crippen molar-refractivity contribution in [2.24, 2.45) is 18.7 Å². The van der Waals surface area contributed by atoms with Crippen LogP contribution < -0.4 is 0 Å². The number of hydrogen-bond acceptors (Lipinski definition) is 18. The third kappa shape index (κ3) is 2130. The van der Waals surface area contributed by atoms with Gasteiger partial charge < -0.3 is 19.1 Å². The largest absolute Gasteiger partial charge is 0.388 e. The molecule has 0 unspecified atom stereocenters. The zero-order valence-corrected chi connectivity index (χ0v) is 86.3. The van der Waals surface area contributed by atoms with E-state index in [-0.39, 0.29) is 113 Å². The smallest absolute Gasteiger partial charge is 0.197 e. The Kier molecular flexibility index (Phi) is 220. The van der Waals surface area contributed by atoms with Gasteiger partial charge >= 0.3 is 0 Å². The first-order valence-corrected chi connectivity index (χ1v) is 52.1. The summed E-state index contributed by atoms with van der Waals surface area (Å²) in [6.45, 7) is 53.0. The Morgan fingerprint density at radius 1 is 0.667 bits per heavy atom.